The number of aromatic amines is 1. The molecule has 0 unspecified atom stereocenters. The lowest BCUT2D eigenvalue weighted by Gasteiger charge is -1.94. The minimum absolute atomic E-state index is 0.587. The molecule has 0 saturated carbocycles. The van der Waals surface area contributed by atoms with E-state index in [1.807, 2.05) is 12.1 Å². The van der Waals surface area contributed by atoms with E-state index < -0.39 is 0 Å². The monoisotopic (exact) mass is 219 g/mol. The quantitative estimate of drug-likeness (QED) is 0.750. The van der Waals surface area contributed by atoms with Gasteiger partial charge in [-0.05, 0) is 48.0 Å². The molecule has 0 aliphatic rings. The number of nitriles is 1. The molecule has 0 fully saturated rings. The van der Waals surface area contributed by atoms with E-state index in [9.17, 15) is 0 Å². The third kappa shape index (κ3) is 1.71. The maximum absolute atomic E-state index is 8.62. The fraction of sp³-hybridized carbons (Fsp3) is 0. The van der Waals surface area contributed by atoms with Crippen molar-refractivity contribution in [3.63, 3.8) is 0 Å². The molecular weight excluding hydrogens is 214 g/mol. The van der Waals surface area contributed by atoms with Crippen LogP contribution in [0.2, 0.25) is 0 Å². The summed E-state index contributed by atoms with van der Waals surface area (Å²) in [6, 6.07) is 9.27. The molecule has 0 radical (unpaired) electrons. The maximum Gasteiger partial charge on any atom is 0.198 e. The van der Waals surface area contributed by atoms with Gasteiger partial charge in [-0.3, -0.25) is 4.37 Å². The molecule has 0 amide bonds. The molecule has 1 aromatic carbocycles. The predicted octanol–water partition coefficient (Wildman–Crippen LogP) is 2.74. The van der Waals surface area contributed by atoms with Crippen molar-refractivity contribution in [1.82, 2.24) is 9.36 Å². The molecule has 0 bridgehead atoms. The van der Waals surface area contributed by atoms with Crippen LogP contribution in [0.4, 0.5) is 0 Å². The zero-order valence-electron chi connectivity index (χ0n) is 7.02. The molecule has 0 atom stereocenters. The van der Waals surface area contributed by atoms with Crippen molar-refractivity contribution >= 4 is 23.8 Å². The van der Waals surface area contributed by atoms with Crippen LogP contribution in [-0.4, -0.2) is 9.36 Å². The molecule has 1 heterocycles. The number of H-pyrrole nitrogens is 1. The Labute approximate surface area is 89.8 Å². The van der Waals surface area contributed by atoms with Crippen LogP contribution in [0.25, 0.3) is 11.4 Å². The standard InChI is InChI=1S/C9H5N3S2/c10-5-6-1-3-7(4-2-6)8-11-9(13)14-12-8/h1-4H,(H,11,12,13). The van der Waals surface area contributed by atoms with E-state index in [1.54, 1.807) is 12.1 Å². The maximum atomic E-state index is 8.62. The molecule has 0 saturated heterocycles. The second-order valence-electron chi connectivity index (χ2n) is 2.62. The number of benzene rings is 1. The average molecular weight is 219 g/mol. The molecule has 14 heavy (non-hydrogen) atoms. The molecule has 1 aromatic heterocycles. The van der Waals surface area contributed by atoms with E-state index in [4.69, 9.17) is 17.5 Å². The number of rotatable bonds is 1. The van der Waals surface area contributed by atoms with E-state index in [-0.39, 0.29) is 0 Å². The Bertz CT molecular complexity index is 530. The lowest BCUT2D eigenvalue weighted by molar-refractivity contribution is 1.31. The Balaban J connectivity index is 2.44. The molecule has 1 N–H and O–H groups in total. The highest BCUT2D eigenvalue weighted by Gasteiger charge is 2.00. The normalized spacial score (nSPS) is 9.64. The Hall–Kier alpha value is -1.51. The zero-order valence-corrected chi connectivity index (χ0v) is 8.65. The summed E-state index contributed by atoms with van der Waals surface area (Å²) in [5, 5.41) is 8.62. The van der Waals surface area contributed by atoms with Crippen LogP contribution < -0.4 is 0 Å². The first-order valence-corrected chi connectivity index (χ1v) is 5.08. The second kappa shape index (κ2) is 3.70. The van der Waals surface area contributed by atoms with E-state index in [0.29, 0.717) is 9.52 Å². The minimum Gasteiger partial charge on any atom is -0.293 e. The first kappa shape index (κ1) is 9.06. The highest BCUT2D eigenvalue weighted by atomic mass is 32.2. The number of hydrogen-bond donors (Lipinski definition) is 1. The predicted molar refractivity (Wildman–Crippen MR) is 57.4 cm³/mol. The van der Waals surface area contributed by atoms with Crippen molar-refractivity contribution in [2.45, 2.75) is 0 Å². The molecule has 5 heteroatoms. The number of nitrogens with one attached hydrogen (secondary N) is 1. The first-order chi connectivity index (χ1) is 6.79. The Morgan fingerprint density at radius 2 is 2.07 bits per heavy atom. The highest BCUT2D eigenvalue weighted by Crippen LogP contribution is 2.16. The second-order valence-corrected chi connectivity index (χ2v) is 4.06. The van der Waals surface area contributed by atoms with Crippen LogP contribution in [0, 0.1) is 15.3 Å². The Morgan fingerprint density at radius 1 is 1.36 bits per heavy atom. The minimum atomic E-state index is 0.587. The first-order valence-electron chi connectivity index (χ1n) is 3.85. The Morgan fingerprint density at radius 3 is 2.57 bits per heavy atom. The topological polar surface area (TPSA) is 52.5 Å². The van der Waals surface area contributed by atoms with Gasteiger partial charge in [0.2, 0.25) is 0 Å². The fourth-order valence-corrected chi connectivity index (χ4v) is 1.76. The molecule has 3 nitrogen and oxygen atoms in total. The van der Waals surface area contributed by atoms with Gasteiger partial charge in [0.15, 0.2) is 3.95 Å². The van der Waals surface area contributed by atoms with Gasteiger partial charge in [0, 0.05) is 5.56 Å². The zero-order chi connectivity index (χ0) is 9.97. The summed E-state index contributed by atoms with van der Waals surface area (Å²) < 4.78 is 3.59. The molecule has 0 aliphatic carbocycles. The lowest BCUT2D eigenvalue weighted by atomic mass is 10.1. The van der Waals surface area contributed by atoms with Gasteiger partial charge in [-0.15, -0.1) is 0 Å². The van der Waals surface area contributed by atoms with Crippen LogP contribution in [0.15, 0.2) is 24.3 Å². The summed E-state index contributed by atoms with van der Waals surface area (Å²) in [5.74, 6) is 0.754. The van der Waals surface area contributed by atoms with E-state index >= 15 is 0 Å². The van der Waals surface area contributed by atoms with Gasteiger partial charge in [0.25, 0.3) is 0 Å². The van der Waals surface area contributed by atoms with E-state index in [2.05, 4.69) is 15.4 Å². The summed E-state index contributed by atoms with van der Waals surface area (Å²) in [5.41, 5.74) is 1.58. The van der Waals surface area contributed by atoms with Gasteiger partial charge in [0.05, 0.1) is 11.6 Å². The summed E-state index contributed by atoms with van der Waals surface area (Å²) in [6.07, 6.45) is 0. The molecule has 2 aromatic rings. The molecule has 68 valence electrons. The smallest absolute Gasteiger partial charge is 0.198 e. The molecule has 0 spiro atoms. The summed E-state index contributed by atoms with van der Waals surface area (Å²) in [6.45, 7) is 0. The average Bonchev–Trinajstić information content (AvgIpc) is 2.65. The SMILES string of the molecule is N#Cc1ccc(-c2nc(=S)s[nH]2)cc1. The van der Waals surface area contributed by atoms with E-state index in [1.165, 1.54) is 11.5 Å². The van der Waals surface area contributed by atoms with Crippen molar-refractivity contribution in [3.8, 4) is 17.5 Å². The van der Waals surface area contributed by atoms with Gasteiger partial charge in [0.1, 0.15) is 5.82 Å². The molecule has 2 rings (SSSR count). The van der Waals surface area contributed by atoms with Gasteiger partial charge in [-0.2, -0.15) is 5.26 Å². The molecule has 0 aliphatic heterocycles. The van der Waals surface area contributed by atoms with Crippen LogP contribution >= 0.6 is 23.8 Å². The highest BCUT2D eigenvalue weighted by molar-refractivity contribution is 7.73. The van der Waals surface area contributed by atoms with Crippen molar-refractivity contribution in [1.29, 1.82) is 5.26 Å². The van der Waals surface area contributed by atoms with Gasteiger partial charge in [-0.25, -0.2) is 4.98 Å². The van der Waals surface area contributed by atoms with Crippen molar-refractivity contribution < 1.29 is 0 Å². The van der Waals surface area contributed by atoms with Crippen LogP contribution in [0.1, 0.15) is 5.56 Å². The molecular formula is C9H5N3S2. The van der Waals surface area contributed by atoms with Gasteiger partial charge >= 0.3 is 0 Å². The Kier molecular flexibility index (Phi) is 2.39. The lowest BCUT2D eigenvalue weighted by Crippen LogP contribution is -1.80. The summed E-state index contributed by atoms with van der Waals surface area (Å²) in [4.78, 5) is 4.13. The van der Waals surface area contributed by atoms with Gasteiger partial charge < -0.3 is 0 Å². The third-order valence-corrected chi connectivity index (χ3v) is 2.63. The van der Waals surface area contributed by atoms with Crippen LogP contribution in [0.3, 0.4) is 0 Å². The van der Waals surface area contributed by atoms with Gasteiger partial charge in [-0.1, -0.05) is 0 Å². The third-order valence-electron chi connectivity index (χ3n) is 1.73. The summed E-state index contributed by atoms with van der Waals surface area (Å²) in [7, 11) is 0. The van der Waals surface area contributed by atoms with Crippen molar-refractivity contribution in [3.05, 3.63) is 33.8 Å². The van der Waals surface area contributed by atoms with Crippen molar-refractivity contribution in [2.24, 2.45) is 0 Å². The fourth-order valence-electron chi connectivity index (χ4n) is 1.06. The van der Waals surface area contributed by atoms with E-state index in [0.717, 1.165) is 11.4 Å². The van der Waals surface area contributed by atoms with Crippen LogP contribution in [0.5, 0.6) is 0 Å². The number of nitrogens with zero attached hydrogens (tertiary/aromatic N) is 2. The number of hydrogen-bond acceptors (Lipinski definition) is 4. The largest absolute Gasteiger partial charge is 0.293 e. The number of aromatic nitrogens is 2. The summed E-state index contributed by atoms with van der Waals surface area (Å²) >= 11 is 6.23. The van der Waals surface area contributed by atoms with Crippen molar-refractivity contribution in [2.75, 3.05) is 0 Å². The van der Waals surface area contributed by atoms with Crippen LogP contribution in [-0.2, 0) is 0 Å².